The van der Waals surface area contributed by atoms with Gasteiger partial charge in [0.25, 0.3) is 0 Å². The van der Waals surface area contributed by atoms with Crippen molar-refractivity contribution in [3.63, 3.8) is 0 Å². The number of amides is 1. The van der Waals surface area contributed by atoms with Crippen molar-refractivity contribution in [2.75, 3.05) is 0 Å². The fourth-order valence-electron chi connectivity index (χ4n) is 1.41. The number of rotatable bonds is 5. The van der Waals surface area contributed by atoms with E-state index in [4.69, 9.17) is 5.73 Å². The molecule has 0 saturated carbocycles. The molecule has 1 amide bonds. The number of nitrogens with zero attached hydrogens (tertiary/aromatic N) is 2. The molecule has 2 atom stereocenters. The van der Waals surface area contributed by atoms with E-state index < -0.39 is 0 Å². The lowest BCUT2D eigenvalue weighted by Crippen LogP contribution is -2.33. The maximum Gasteiger partial charge on any atom is 0.218 e. The lowest BCUT2D eigenvalue weighted by molar-refractivity contribution is -0.118. The Kier molecular flexibility index (Phi) is 4.17. The van der Waals surface area contributed by atoms with Crippen LogP contribution in [-0.4, -0.2) is 21.9 Å². The first-order valence-electron chi connectivity index (χ1n) is 4.90. The smallest absolute Gasteiger partial charge is 0.218 e. The number of nitrogens with two attached hydrogens (primary N) is 1. The molecule has 1 aromatic rings. The second-order valence-corrected chi connectivity index (χ2v) is 3.59. The van der Waals surface area contributed by atoms with Gasteiger partial charge in [-0.3, -0.25) is 14.8 Å². The zero-order chi connectivity index (χ0) is 11.3. The lowest BCUT2D eigenvalue weighted by atomic mass is 10.1. The van der Waals surface area contributed by atoms with Crippen LogP contribution in [0.25, 0.3) is 0 Å². The van der Waals surface area contributed by atoms with Gasteiger partial charge in [0.05, 0.1) is 5.69 Å². The molecule has 0 fully saturated rings. The summed E-state index contributed by atoms with van der Waals surface area (Å²) in [6.45, 7) is 3.89. The van der Waals surface area contributed by atoms with Crippen LogP contribution in [0.3, 0.4) is 0 Å². The van der Waals surface area contributed by atoms with Gasteiger partial charge in [0.15, 0.2) is 0 Å². The molecule has 5 heteroatoms. The van der Waals surface area contributed by atoms with Crippen molar-refractivity contribution in [3.8, 4) is 0 Å². The number of aromatic nitrogens is 2. The maximum absolute atomic E-state index is 10.7. The van der Waals surface area contributed by atoms with Crippen LogP contribution >= 0.6 is 0 Å². The third kappa shape index (κ3) is 4.03. The number of hydrogen-bond acceptors (Lipinski definition) is 4. The minimum atomic E-state index is -0.304. The molecule has 0 aliphatic rings. The molecule has 1 heterocycles. The molecule has 0 bridgehead atoms. The highest BCUT2D eigenvalue weighted by Crippen LogP contribution is 2.08. The summed E-state index contributed by atoms with van der Waals surface area (Å²) >= 11 is 0. The Morgan fingerprint density at radius 1 is 1.53 bits per heavy atom. The predicted molar refractivity (Wildman–Crippen MR) is 56.9 cm³/mol. The van der Waals surface area contributed by atoms with Gasteiger partial charge in [-0.1, -0.05) is 0 Å². The van der Waals surface area contributed by atoms with E-state index in [1.165, 1.54) is 0 Å². The third-order valence-electron chi connectivity index (χ3n) is 2.07. The number of carbonyl (C=O) groups excluding carboxylic acids is 1. The molecule has 0 spiro atoms. The molecule has 0 aliphatic heterocycles. The Bertz CT molecular complexity index is 314. The lowest BCUT2D eigenvalue weighted by Gasteiger charge is -2.17. The van der Waals surface area contributed by atoms with Crippen LogP contribution < -0.4 is 11.1 Å². The van der Waals surface area contributed by atoms with Crippen molar-refractivity contribution in [2.24, 2.45) is 5.73 Å². The highest BCUT2D eigenvalue weighted by Gasteiger charge is 2.11. The SMILES string of the molecule is CC(CC(N)=O)NC(C)c1cnccn1. The fraction of sp³-hybridized carbons (Fsp3) is 0.500. The van der Waals surface area contributed by atoms with E-state index in [1.807, 2.05) is 13.8 Å². The fourth-order valence-corrected chi connectivity index (χ4v) is 1.41. The van der Waals surface area contributed by atoms with E-state index in [0.717, 1.165) is 5.69 Å². The van der Waals surface area contributed by atoms with Gasteiger partial charge in [-0.2, -0.15) is 0 Å². The first-order chi connectivity index (χ1) is 7.09. The summed E-state index contributed by atoms with van der Waals surface area (Å²) in [7, 11) is 0. The third-order valence-corrected chi connectivity index (χ3v) is 2.07. The van der Waals surface area contributed by atoms with E-state index in [2.05, 4.69) is 15.3 Å². The molecule has 0 aromatic carbocycles. The zero-order valence-corrected chi connectivity index (χ0v) is 8.97. The first-order valence-corrected chi connectivity index (χ1v) is 4.90. The van der Waals surface area contributed by atoms with E-state index in [-0.39, 0.29) is 18.0 Å². The summed E-state index contributed by atoms with van der Waals surface area (Å²) in [4.78, 5) is 18.8. The Labute approximate surface area is 89.1 Å². The molecule has 0 saturated heterocycles. The van der Waals surface area contributed by atoms with Crippen molar-refractivity contribution in [1.29, 1.82) is 0 Å². The Balaban J connectivity index is 2.49. The van der Waals surface area contributed by atoms with Crippen LogP contribution in [0.4, 0.5) is 0 Å². The summed E-state index contributed by atoms with van der Waals surface area (Å²) in [5.41, 5.74) is 5.96. The second kappa shape index (κ2) is 5.41. The van der Waals surface area contributed by atoms with Crippen LogP contribution in [0, 0.1) is 0 Å². The number of nitrogens with one attached hydrogen (secondary N) is 1. The van der Waals surface area contributed by atoms with E-state index >= 15 is 0 Å². The largest absolute Gasteiger partial charge is 0.370 e. The van der Waals surface area contributed by atoms with Gasteiger partial charge in [-0.25, -0.2) is 0 Å². The van der Waals surface area contributed by atoms with Crippen molar-refractivity contribution in [2.45, 2.75) is 32.4 Å². The van der Waals surface area contributed by atoms with Crippen molar-refractivity contribution < 1.29 is 4.79 Å². The van der Waals surface area contributed by atoms with Gasteiger partial charge in [-0.15, -0.1) is 0 Å². The first kappa shape index (κ1) is 11.6. The highest BCUT2D eigenvalue weighted by atomic mass is 16.1. The number of primary amides is 1. The van der Waals surface area contributed by atoms with Crippen LogP contribution in [0.15, 0.2) is 18.6 Å². The molecular weight excluding hydrogens is 192 g/mol. The molecular formula is C10H16N4O. The molecule has 0 radical (unpaired) electrons. The number of hydrogen-bond donors (Lipinski definition) is 2. The Morgan fingerprint density at radius 3 is 2.80 bits per heavy atom. The normalized spacial score (nSPS) is 14.5. The van der Waals surface area contributed by atoms with Gasteiger partial charge >= 0.3 is 0 Å². The van der Waals surface area contributed by atoms with Crippen molar-refractivity contribution in [1.82, 2.24) is 15.3 Å². The van der Waals surface area contributed by atoms with Crippen molar-refractivity contribution in [3.05, 3.63) is 24.3 Å². The summed E-state index contributed by atoms with van der Waals surface area (Å²) in [6.07, 6.45) is 5.30. The predicted octanol–water partition coefficient (Wildman–Crippen LogP) is 0.391. The van der Waals surface area contributed by atoms with Gasteiger partial charge in [0.1, 0.15) is 0 Å². The van der Waals surface area contributed by atoms with Crippen LogP contribution in [0.1, 0.15) is 32.0 Å². The summed E-state index contributed by atoms with van der Waals surface area (Å²) in [5, 5.41) is 3.22. The second-order valence-electron chi connectivity index (χ2n) is 3.59. The summed E-state index contributed by atoms with van der Waals surface area (Å²) < 4.78 is 0. The Morgan fingerprint density at radius 2 is 2.27 bits per heavy atom. The molecule has 0 aliphatic carbocycles. The van der Waals surface area contributed by atoms with E-state index in [9.17, 15) is 4.79 Å². The molecule has 5 nitrogen and oxygen atoms in total. The van der Waals surface area contributed by atoms with Gasteiger partial charge in [0, 0.05) is 37.1 Å². The van der Waals surface area contributed by atoms with Gasteiger partial charge < -0.3 is 11.1 Å². The molecule has 1 aromatic heterocycles. The van der Waals surface area contributed by atoms with Gasteiger partial charge in [-0.05, 0) is 13.8 Å². The number of carbonyl (C=O) groups is 1. The quantitative estimate of drug-likeness (QED) is 0.733. The average Bonchev–Trinajstić information content (AvgIpc) is 2.17. The summed E-state index contributed by atoms with van der Waals surface area (Å²) in [5.74, 6) is -0.304. The van der Waals surface area contributed by atoms with Crippen LogP contribution in [0.5, 0.6) is 0 Å². The maximum atomic E-state index is 10.7. The monoisotopic (exact) mass is 208 g/mol. The molecule has 2 unspecified atom stereocenters. The molecule has 82 valence electrons. The van der Waals surface area contributed by atoms with Crippen LogP contribution in [0.2, 0.25) is 0 Å². The van der Waals surface area contributed by atoms with Gasteiger partial charge in [0.2, 0.25) is 5.91 Å². The Hall–Kier alpha value is -1.49. The minimum absolute atomic E-state index is 0.0412. The zero-order valence-electron chi connectivity index (χ0n) is 8.97. The standard InChI is InChI=1S/C10H16N4O/c1-7(5-10(11)15)14-8(2)9-6-12-3-4-13-9/h3-4,6-8,14H,5H2,1-2H3,(H2,11,15). The minimum Gasteiger partial charge on any atom is -0.370 e. The van der Waals surface area contributed by atoms with E-state index in [1.54, 1.807) is 18.6 Å². The van der Waals surface area contributed by atoms with Crippen LogP contribution in [-0.2, 0) is 4.79 Å². The van der Waals surface area contributed by atoms with E-state index in [0.29, 0.717) is 6.42 Å². The van der Waals surface area contributed by atoms with Crippen molar-refractivity contribution >= 4 is 5.91 Å². The average molecular weight is 208 g/mol. The molecule has 3 N–H and O–H groups in total. The summed E-state index contributed by atoms with van der Waals surface area (Å²) in [6, 6.07) is 0.104. The molecule has 15 heavy (non-hydrogen) atoms. The molecule has 1 rings (SSSR count). The topological polar surface area (TPSA) is 80.9 Å². The highest BCUT2D eigenvalue weighted by molar-refractivity contribution is 5.74.